The van der Waals surface area contributed by atoms with E-state index in [4.69, 9.17) is 9.07 Å². The molecule has 0 atom stereocenters. The Morgan fingerprint density at radius 3 is 1.50 bits per heavy atom. The van der Waals surface area contributed by atoms with E-state index in [-0.39, 0.29) is 31.7 Å². The minimum atomic E-state index is -0.103. The van der Waals surface area contributed by atoms with Crippen LogP contribution in [0.3, 0.4) is 0 Å². The van der Waals surface area contributed by atoms with Crippen molar-refractivity contribution >= 4 is 43.6 Å². The summed E-state index contributed by atoms with van der Waals surface area (Å²) in [6, 6.07) is 0. The van der Waals surface area contributed by atoms with Gasteiger partial charge in [0.05, 0.1) is 0 Å². The molecule has 0 aliphatic heterocycles. The third-order valence-corrected chi connectivity index (χ3v) is 3.43. The molecule has 58 valence electrons. The fourth-order valence-corrected chi connectivity index (χ4v) is 0.866. The molecule has 0 aromatic carbocycles. The van der Waals surface area contributed by atoms with Crippen LogP contribution >= 0.6 is 9.07 Å². The first-order chi connectivity index (χ1) is 4.33. The maximum atomic E-state index is 5.32. The van der Waals surface area contributed by atoms with Crippen LogP contribution in [0.5, 0.6) is 0 Å². The largest absolute Gasteiger partial charge is 1.00 e. The molecule has 0 bridgehead atoms. The van der Waals surface area contributed by atoms with E-state index in [2.05, 4.69) is 20.8 Å². The average molecular weight is 209 g/mol. The van der Waals surface area contributed by atoms with Gasteiger partial charge < -0.3 is 21.5 Å². The third kappa shape index (κ3) is 32.7. The molecule has 4 heteroatoms. The van der Waals surface area contributed by atoms with Gasteiger partial charge in [-0.3, -0.25) is 0 Å². The van der Waals surface area contributed by atoms with Gasteiger partial charge >= 0.3 is 58.9 Å². The van der Waals surface area contributed by atoms with Gasteiger partial charge in [-0.2, -0.15) is 0 Å². The summed E-state index contributed by atoms with van der Waals surface area (Å²) in [5.74, 6) is 0. The van der Waals surface area contributed by atoms with Gasteiger partial charge in [0.1, 0.15) is 0 Å². The normalized spacial score (nSPS) is 5.60. The van der Waals surface area contributed by atoms with Crippen LogP contribution in [-0.4, -0.2) is 34.5 Å². The predicted molar refractivity (Wildman–Crippen MR) is 48.8 cm³/mol. The Kier molecular flexibility index (Phi) is 40.0. The first kappa shape index (κ1) is 17.8. The summed E-state index contributed by atoms with van der Waals surface area (Å²) in [5.41, 5.74) is 0. The summed E-state index contributed by atoms with van der Waals surface area (Å²) in [5, 5.41) is 2.85. The van der Waals surface area contributed by atoms with Crippen molar-refractivity contribution in [2.45, 2.75) is 35.9 Å². The molecular weight excluding hydrogens is 194 g/mol. The van der Waals surface area contributed by atoms with Gasteiger partial charge in [-0.15, -0.1) is 4.55 Å². The fourth-order valence-electron chi connectivity index (χ4n) is 0.289. The summed E-state index contributed by atoms with van der Waals surface area (Å²) in [4.78, 5) is 0. The van der Waals surface area contributed by atoms with Gasteiger partial charge in [0.25, 0.3) is 0 Å². The molecule has 0 aliphatic rings. The van der Waals surface area contributed by atoms with E-state index in [1.807, 2.05) is 0 Å². The summed E-state index contributed by atoms with van der Waals surface area (Å²) in [6.45, 7) is 6.61. The minimum Gasteiger partial charge on any atom is -1.00 e. The standard InChI is InChI=1S/3C2H5.Al.2ClH.Mg/c3*1-2;;;;/h3*1H2,2H3;;2*1H;/q;;;+1;;;+1/p-2. The fraction of sp³-hybridized carbons (Fsp3) is 1.00. The van der Waals surface area contributed by atoms with Crippen LogP contribution in [0.4, 0.5) is 0 Å². The zero-order valence-electron chi connectivity index (χ0n) is 7.16. The molecule has 0 radical (unpaired) electrons. The first-order valence-corrected chi connectivity index (χ1v) is 8.48. The van der Waals surface area contributed by atoms with E-state index >= 15 is 0 Å². The number of hydrogen-bond donors (Lipinski definition) is 0. The Labute approximate surface area is 91.1 Å². The molecule has 10 heavy (non-hydrogen) atoms. The maximum Gasteiger partial charge on any atom is 0.500 e. The van der Waals surface area contributed by atoms with Crippen LogP contribution in [0.2, 0.25) is 15.1 Å². The van der Waals surface area contributed by atoms with Crippen molar-refractivity contribution in [3.05, 3.63) is 0 Å². The third-order valence-electron chi connectivity index (χ3n) is 0.766. The summed E-state index contributed by atoms with van der Waals surface area (Å²) >= 11 is 0.711. The predicted octanol–water partition coefficient (Wildman–Crippen LogP) is -0.146. The second-order valence-electron chi connectivity index (χ2n) is 1.79. The number of halogens is 2. The maximum absolute atomic E-state index is 5.32. The van der Waals surface area contributed by atoms with Crippen molar-refractivity contribution in [3.8, 4) is 0 Å². The zero-order valence-corrected chi connectivity index (χ0v) is 11.2. The Bertz CT molecular complexity index is 34.9. The minimum absolute atomic E-state index is 0. The molecule has 0 fully saturated rings. The quantitative estimate of drug-likeness (QED) is 0.567. The number of rotatable bonds is 3. The average Bonchev–Trinajstić information content (AvgIpc) is 1.91. The monoisotopic (exact) mass is 208 g/mol. The van der Waals surface area contributed by atoms with Gasteiger partial charge in [-0.05, 0) is 0 Å². The summed E-state index contributed by atoms with van der Waals surface area (Å²) in [6.07, 6.45) is 0. The van der Waals surface area contributed by atoms with E-state index in [1.54, 1.807) is 0 Å². The van der Waals surface area contributed by atoms with Crippen molar-refractivity contribution in [2.24, 2.45) is 0 Å². The van der Waals surface area contributed by atoms with Crippen molar-refractivity contribution in [1.82, 2.24) is 0 Å². The van der Waals surface area contributed by atoms with E-state index in [9.17, 15) is 0 Å². The zero-order chi connectivity index (χ0) is 7.54. The van der Waals surface area contributed by atoms with Gasteiger partial charge in [-0.1, -0.05) is 6.92 Å². The molecule has 0 heterocycles. The van der Waals surface area contributed by atoms with Crippen molar-refractivity contribution in [2.75, 3.05) is 0 Å². The number of hydrogen-bond acceptors (Lipinski definition) is 0. The summed E-state index contributed by atoms with van der Waals surface area (Å²) < 4.78 is 1.22. The van der Waals surface area contributed by atoms with Gasteiger partial charge in [-0.25, -0.2) is 0 Å². The Balaban J connectivity index is -0.0000000910. The molecule has 0 aliphatic carbocycles. The van der Waals surface area contributed by atoms with Crippen molar-refractivity contribution in [1.29, 1.82) is 0 Å². The van der Waals surface area contributed by atoms with Crippen molar-refractivity contribution < 1.29 is 12.4 Å². The van der Waals surface area contributed by atoms with Crippen LogP contribution in [0.1, 0.15) is 20.8 Å². The van der Waals surface area contributed by atoms with Gasteiger partial charge in [0, 0.05) is 0 Å². The topological polar surface area (TPSA) is 0 Å². The van der Waals surface area contributed by atoms with E-state index in [1.165, 1.54) is 15.1 Å². The molecule has 0 N–H and O–H groups in total. The smallest absolute Gasteiger partial charge is 0.500 e. The van der Waals surface area contributed by atoms with Crippen LogP contribution < -0.4 is 12.4 Å². The molecule has 0 aromatic rings. The summed E-state index contributed by atoms with van der Waals surface area (Å²) in [7, 11) is 5.32. The Hall–Kier alpha value is 1.88. The second-order valence-corrected chi connectivity index (χ2v) is 6.52. The molecule has 0 aromatic heterocycles. The molecule has 0 unspecified atom stereocenters. The molecule has 0 saturated heterocycles. The molecule has 0 nitrogen and oxygen atoms in total. The Morgan fingerprint density at radius 1 is 1.20 bits per heavy atom. The Morgan fingerprint density at radius 2 is 1.50 bits per heavy atom. The van der Waals surface area contributed by atoms with Crippen molar-refractivity contribution in [3.63, 3.8) is 0 Å². The first-order valence-electron chi connectivity index (χ1n) is 3.71. The van der Waals surface area contributed by atoms with E-state index in [0.717, 1.165) is 15.2 Å². The van der Waals surface area contributed by atoms with E-state index in [0.29, 0.717) is 0 Å². The molecule has 0 spiro atoms. The molecular formula is C6H15AlCl2Mg. The van der Waals surface area contributed by atoms with Crippen LogP contribution in [0.15, 0.2) is 0 Å². The SMILES string of the molecule is C[CH2][Al+][CH2]C.C[CH2][Mg][Cl].[Cl-]. The van der Waals surface area contributed by atoms with Crippen LogP contribution in [-0.2, 0) is 0 Å². The van der Waals surface area contributed by atoms with Gasteiger partial charge in [0.15, 0.2) is 0 Å². The second kappa shape index (κ2) is 22.4. The molecule has 0 amide bonds. The van der Waals surface area contributed by atoms with E-state index < -0.39 is 0 Å². The van der Waals surface area contributed by atoms with Crippen LogP contribution in [0, 0.1) is 0 Å². The molecule has 0 rings (SSSR count). The molecule has 0 saturated carbocycles. The van der Waals surface area contributed by atoms with Crippen LogP contribution in [0.25, 0.3) is 0 Å². The van der Waals surface area contributed by atoms with Gasteiger partial charge in [0.2, 0.25) is 0 Å².